The maximum Gasteiger partial charge on any atom is 0.341 e. The predicted octanol–water partition coefficient (Wildman–Crippen LogP) is 4.50. The Labute approximate surface area is 248 Å². The van der Waals surface area contributed by atoms with Gasteiger partial charge in [0.25, 0.3) is 11.5 Å². The molecular weight excluding hydrogens is 581 g/mol. The number of rotatable bonds is 6. The van der Waals surface area contributed by atoms with E-state index in [1.807, 2.05) is 0 Å². The van der Waals surface area contributed by atoms with Gasteiger partial charge < -0.3 is 18.6 Å². The second-order valence-corrected chi connectivity index (χ2v) is 10.3. The molecule has 1 aliphatic rings. The number of carbonyl (C=O) groups is 2. The van der Waals surface area contributed by atoms with Gasteiger partial charge in [-0.15, -0.1) is 0 Å². The summed E-state index contributed by atoms with van der Waals surface area (Å²) in [6, 6.07) is 10.5. The maximum absolute atomic E-state index is 14.9. The molecule has 43 heavy (non-hydrogen) atoms. The Morgan fingerprint density at radius 1 is 1.23 bits per heavy atom. The summed E-state index contributed by atoms with van der Waals surface area (Å²) in [7, 11) is 0. The number of aromatic nitrogens is 4. The summed E-state index contributed by atoms with van der Waals surface area (Å²) in [5, 5.41) is 4.04. The molecule has 1 amide bonds. The number of pyridine rings is 2. The van der Waals surface area contributed by atoms with Crippen molar-refractivity contribution < 1.29 is 28.0 Å². The van der Waals surface area contributed by atoms with Crippen LogP contribution in [0.25, 0.3) is 27.9 Å². The average Bonchev–Trinajstić information content (AvgIpc) is 3.64. The van der Waals surface area contributed by atoms with Gasteiger partial charge in [0.05, 0.1) is 35.2 Å². The zero-order valence-corrected chi connectivity index (χ0v) is 23.9. The Balaban J connectivity index is 1.67. The summed E-state index contributed by atoms with van der Waals surface area (Å²) in [4.78, 5) is 49.9. The van der Waals surface area contributed by atoms with Crippen LogP contribution in [0.3, 0.4) is 0 Å². The number of benzene rings is 1. The summed E-state index contributed by atoms with van der Waals surface area (Å²) in [5.41, 5.74) is -0.509. The van der Waals surface area contributed by atoms with Crippen molar-refractivity contribution in [3.8, 4) is 11.3 Å². The Bertz CT molecular complexity index is 2020. The molecule has 1 atom stereocenters. The van der Waals surface area contributed by atoms with E-state index in [2.05, 4.69) is 10.1 Å². The first-order chi connectivity index (χ1) is 20.8. The van der Waals surface area contributed by atoms with E-state index < -0.39 is 23.3 Å². The standard InChI is InChI=1S/C30H25ClFN5O6/c1-3-41-30(40)19-14-18-26(33-22-11-4-5-12-36(22)29(18)39)37(15-17-8-7-13-42-17)27(19)34-28(38)23-16(2)43-35-25(23)24-20(31)9-6-10-21(24)32/h4-6,9-12,14,17H,3,7-8,13,15H2,1-2H3/t17-/m0/s1. The van der Waals surface area contributed by atoms with Gasteiger partial charge >= 0.3 is 5.97 Å². The second-order valence-electron chi connectivity index (χ2n) is 9.91. The third-order valence-electron chi connectivity index (χ3n) is 7.18. The minimum atomic E-state index is -0.878. The molecule has 0 saturated carbocycles. The van der Waals surface area contributed by atoms with Gasteiger partial charge in [-0.2, -0.15) is 4.99 Å². The first-order valence-corrected chi connectivity index (χ1v) is 14.0. The first-order valence-electron chi connectivity index (χ1n) is 13.6. The molecule has 0 radical (unpaired) electrons. The van der Waals surface area contributed by atoms with Crippen molar-refractivity contribution in [2.24, 2.45) is 4.99 Å². The Morgan fingerprint density at radius 2 is 2.07 bits per heavy atom. The van der Waals surface area contributed by atoms with E-state index in [1.165, 1.54) is 40.2 Å². The van der Waals surface area contributed by atoms with E-state index in [1.54, 1.807) is 31.3 Å². The normalized spacial score (nSPS) is 15.4. The van der Waals surface area contributed by atoms with E-state index in [-0.39, 0.29) is 68.9 Å². The molecule has 1 aromatic carbocycles. The molecule has 0 bridgehead atoms. The largest absolute Gasteiger partial charge is 0.462 e. The lowest BCUT2D eigenvalue weighted by Crippen LogP contribution is -2.35. The second kappa shape index (κ2) is 11.5. The van der Waals surface area contributed by atoms with Crippen LogP contribution in [0.1, 0.15) is 46.2 Å². The zero-order valence-electron chi connectivity index (χ0n) is 23.2. The molecule has 5 heterocycles. The minimum Gasteiger partial charge on any atom is -0.462 e. The van der Waals surface area contributed by atoms with Crippen molar-refractivity contribution in [3.63, 3.8) is 0 Å². The SMILES string of the molecule is CCOC(=O)c1cc2c(=O)n3ccccc3nc2n(C[C@@H]2CCCO2)c1=NC(=O)c1c(-c2c(F)cccc2Cl)noc1C. The summed E-state index contributed by atoms with van der Waals surface area (Å²) < 4.78 is 34.2. The lowest BCUT2D eigenvalue weighted by molar-refractivity contribution is 0.0521. The molecule has 6 rings (SSSR count). The number of aryl methyl sites for hydroxylation is 1. The van der Waals surface area contributed by atoms with Gasteiger partial charge in [-0.1, -0.05) is 28.9 Å². The molecule has 4 aromatic heterocycles. The summed E-state index contributed by atoms with van der Waals surface area (Å²) in [6.45, 7) is 3.83. The Hall–Kier alpha value is -4.68. The Kier molecular flexibility index (Phi) is 7.63. The van der Waals surface area contributed by atoms with Crippen molar-refractivity contribution >= 4 is 40.2 Å². The van der Waals surface area contributed by atoms with Crippen LogP contribution in [0.5, 0.6) is 0 Å². The Morgan fingerprint density at radius 3 is 2.81 bits per heavy atom. The highest BCUT2D eigenvalue weighted by Crippen LogP contribution is 2.33. The van der Waals surface area contributed by atoms with Gasteiger partial charge in [0.2, 0.25) is 0 Å². The molecule has 13 heteroatoms. The molecular formula is C30H25ClFN5O6. The van der Waals surface area contributed by atoms with Gasteiger partial charge in [0, 0.05) is 12.8 Å². The van der Waals surface area contributed by atoms with Gasteiger partial charge in [-0.3, -0.25) is 14.0 Å². The molecule has 1 saturated heterocycles. The van der Waals surface area contributed by atoms with E-state index in [0.717, 1.165) is 6.42 Å². The predicted molar refractivity (Wildman–Crippen MR) is 153 cm³/mol. The summed E-state index contributed by atoms with van der Waals surface area (Å²) in [6.07, 6.45) is 2.80. The van der Waals surface area contributed by atoms with Crippen LogP contribution in [0, 0.1) is 12.7 Å². The number of fused-ring (bicyclic) bond motifs is 2. The molecule has 5 aromatic rings. The first kappa shape index (κ1) is 28.4. The quantitative estimate of drug-likeness (QED) is 0.204. The maximum atomic E-state index is 14.9. The highest BCUT2D eigenvalue weighted by Gasteiger charge is 2.28. The summed E-state index contributed by atoms with van der Waals surface area (Å²) >= 11 is 6.28. The van der Waals surface area contributed by atoms with Crippen LogP contribution in [-0.2, 0) is 16.0 Å². The topological polar surface area (TPSA) is 130 Å². The van der Waals surface area contributed by atoms with Crippen LogP contribution in [0.2, 0.25) is 5.02 Å². The van der Waals surface area contributed by atoms with Gasteiger partial charge in [-0.05, 0) is 57.0 Å². The number of hydrogen-bond donors (Lipinski definition) is 0. The highest BCUT2D eigenvalue weighted by molar-refractivity contribution is 6.33. The van der Waals surface area contributed by atoms with Crippen molar-refractivity contribution in [1.82, 2.24) is 19.1 Å². The molecule has 0 unspecified atom stereocenters. The fourth-order valence-corrected chi connectivity index (χ4v) is 5.45. The molecule has 1 aliphatic heterocycles. The van der Waals surface area contributed by atoms with Gasteiger partial charge in [0.15, 0.2) is 5.49 Å². The molecule has 0 aliphatic carbocycles. The number of esters is 1. The van der Waals surface area contributed by atoms with E-state index in [0.29, 0.717) is 18.7 Å². The number of carbonyl (C=O) groups excluding carboxylic acids is 2. The van der Waals surface area contributed by atoms with Crippen LogP contribution >= 0.6 is 11.6 Å². The molecule has 1 fully saturated rings. The number of ether oxygens (including phenoxy) is 2. The van der Waals surface area contributed by atoms with Crippen LogP contribution < -0.4 is 11.0 Å². The van der Waals surface area contributed by atoms with Crippen LogP contribution in [0.15, 0.2) is 63.0 Å². The van der Waals surface area contributed by atoms with E-state index in [4.69, 9.17) is 30.6 Å². The fourth-order valence-electron chi connectivity index (χ4n) is 5.19. The lowest BCUT2D eigenvalue weighted by atomic mass is 10.1. The monoisotopic (exact) mass is 605 g/mol. The van der Waals surface area contributed by atoms with E-state index in [9.17, 15) is 18.8 Å². The third-order valence-corrected chi connectivity index (χ3v) is 7.49. The van der Waals surface area contributed by atoms with Crippen LogP contribution in [0.4, 0.5) is 4.39 Å². The van der Waals surface area contributed by atoms with Crippen molar-refractivity contribution in [1.29, 1.82) is 0 Å². The van der Waals surface area contributed by atoms with Crippen LogP contribution in [-0.4, -0.2) is 50.3 Å². The lowest BCUT2D eigenvalue weighted by Gasteiger charge is -2.18. The molecule has 0 N–H and O–H groups in total. The van der Waals surface area contributed by atoms with Crippen molar-refractivity contribution in [2.75, 3.05) is 13.2 Å². The smallest absolute Gasteiger partial charge is 0.341 e. The van der Waals surface area contributed by atoms with Gasteiger partial charge in [0.1, 0.15) is 39.7 Å². The average molecular weight is 606 g/mol. The number of halogens is 2. The fraction of sp³-hybridized carbons (Fsp3) is 0.267. The van der Waals surface area contributed by atoms with Gasteiger partial charge in [-0.25, -0.2) is 14.2 Å². The molecule has 220 valence electrons. The number of nitrogens with zero attached hydrogens (tertiary/aromatic N) is 5. The number of hydrogen-bond acceptors (Lipinski definition) is 8. The van der Waals surface area contributed by atoms with Crippen molar-refractivity contribution in [3.05, 3.63) is 92.2 Å². The third kappa shape index (κ3) is 5.12. The summed E-state index contributed by atoms with van der Waals surface area (Å²) in [5.74, 6) is -2.32. The highest BCUT2D eigenvalue weighted by atomic mass is 35.5. The minimum absolute atomic E-state index is 0.0188. The van der Waals surface area contributed by atoms with Crippen molar-refractivity contribution in [2.45, 2.75) is 39.3 Å². The molecule has 0 spiro atoms. The van der Waals surface area contributed by atoms with E-state index >= 15 is 0 Å². The number of amides is 1. The molecule has 11 nitrogen and oxygen atoms in total. The zero-order chi connectivity index (χ0) is 30.2.